The zero-order chi connectivity index (χ0) is 32.7. The molecule has 0 fully saturated rings. The molecular weight excluding hydrogens is 603 g/mol. The number of hydrogen-bond acceptors (Lipinski definition) is 2. The molecule has 3 nitrogen and oxygen atoms in total. The van der Waals surface area contributed by atoms with Crippen molar-refractivity contribution in [2.75, 3.05) is 0 Å². The molecule has 0 bridgehead atoms. The summed E-state index contributed by atoms with van der Waals surface area (Å²) in [4.78, 5) is 5.02. The van der Waals surface area contributed by atoms with Crippen molar-refractivity contribution in [2.24, 2.45) is 0 Å². The molecule has 1 atom stereocenters. The molecule has 0 N–H and O–H groups in total. The Bertz CT molecular complexity index is 2580. The van der Waals surface area contributed by atoms with Gasteiger partial charge in [0.1, 0.15) is 5.65 Å². The summed E-state index contributed by atoms with van der Waals surface area (Å²) in [7, 11) is -3.04. The SMILES string of the molecule is C/C=C(\C=C/CC)P(=O)(c1ccccc1)c1ccc(-c2cccc(-c3ccc4c(c3)c3ccccc3c3nc5ccccc5n43)c2)cc1. The van der Waals surface area contributed by atoms with E-state index >= 15 is 0 Å². The van der Waals surface area contributed by atoms with Crippen LogP contribution in [0.4, 0.5) is 0 Å². The Morgan fingerprint density at radius 1 is 0.625 bits per heavy atom. The van der Waals surface area contributed by atoms with E-state index in [1.54, 1.807) is 0 Å². The Kier molecular flexibility index (Phi) is 7.63. The molecule has 0 aliphatic rings. The fourth-order valence-corrected chi connectivity index (χ4v) is 9.67. The van der Waals surface area contributed by atoms with Crippen molar-refractivity contribution in [1.29, 1.82) is 0 Å². The fourth-order valence-electron chi connectivity index (χ4n) is 6.94. The van der Waals surface area contributed by atoms with Gasteiger partial charge in [-0.25, -0.2) is 4.98 Å². The van der Waals surface area contributed by atoms with Gasteiger partial charge in [-0.05, 0) is 71.3 Å². The summed E-state index contributed by atoms with van der Waals surface area (Å²) in [6, 6.07) is 50.5. The molecule has 232 valence electrons. The standard InChI is InChI=1S/C44H35N2OP/c1-3-5-16-35(4-2)48(47,36-17-7-6-8-18-36)37-26-23-31(24-27-37)32-14-13-15-33(29-32)34-25-28-42-40(30-34)38-19-9-10-20-39(38)44-45-41-21-11-12-22-43(41)46(42)44/h4-30H,3H2,1-2H3/b16-5-,35-4+. The Morgan fingerprint density at radius 2 is 1.27 bits per heavy atom. The van der Waals surface area contributed by atoms with Crippen molar-refractivity contribution in [3.05, 3.63) is 169 Å². The maximum absolute atomic E-state index is 15.0. The molecule has 48 heavy (non-hydrogen) atoms. The first-order chi connectivity index (χ1) is 23.6. The predicted molar refractivity (Wildman–Crippen MR) is 205 cm³/mol. The quantitative estimate of drug-likeness (QED) is 0.0989. The van der Waals surface area contributed by atoms with Gasteiger partial charge in [-0.3, -0.25) is 4.40 Å². The van der Waals surface area contributed by atoms with Crippen LogP contribution in [0.2, 0.25) is 0 Å². The Morgan fingerprint density at radius 3 is 2.04 bits per heavy atom. The van der Waals surface area contributed by atoms with Crippen LogP contribution < -0.4 is 10.6 Å². The second kappa shape index (κ2) is 12.3. The van der Waals surface area contributed by atoms with Gasteiger partial charge in [-0.2, -0.15) is 0 Å². The molecule has 1 unspecified atom stereocenters. The molecule has 0 saturated heterocycles. The van der Waals surface area contributed by atoms with Gasteiger partial charge in [0.15, 0.2) is 7.14 Å². The summed E-state index contributed by atoms with van der Waals surface area (Å²) in [6.07, 6.45) is 6.99. The molecule has 0 radical (unpaired) electrons. The lowest BCUT2D eigenvalue weighted by molar-refractivity contribution is 0.591. The van der Waals surface area contributed by atoms with Crippen LogP contribution in [0, 0.1) is 0 Å². The molecule has 0 amide bonds. The highest BCUT2D eigenvalue weighted by molar-refractivity contribution is 7.82. The van der Waals surface area contributed by atoms with Gasteiger partial charge >= 0.3 is 0 Å². The lowest BCUT2D eigenvalue weighted by atomic mass is 9.97. The van der Waals surface area contributed by atoms with E-state index in [9.17, 15) is 4.57 Å². The number of para-hydroxylation sites is 2. The molecule has 0 spiro atoms. The van der Waals surface area contributed by atoms with E-state index in [2.05, 4.69) is 114 Å². The zero-order valence-electron chi connectivity index (χ0n) is 27.0. The third-order valence-electron chi connectivity index (χ3n) is 9.32. The summed E-state index contributed by atoms with van der Waals surface area (Å²) in [5, 5.41) is 6.07. The predicted octanol–water partition coefficient (Wildman–Crippen LogP) is 11.3. The van der Waals surface area contributed by atoms with Crippen LogP contribution in [0.25, 0.3) is 60.6 Å². The summed E-state index contributed by atoms with van der Waals surface area (Å²) >= 11 is 0. The minimum absolute atomic E-state index is 0.835. The van der Waals surface area contributed by atoms with Gasteiger partial charge in [0.2, 0.25) is 0 Å². The number of hydrogen-bond donors (Lipinski definition) is 0. The van der Waals surface area contributed by atoms with Crippen LogP contribution in [-0.2, 0) is 4.57 Å². The van der Waals surface area contributed by atoms with Gasteiger partial charge < -0.3 is 4.57 Å². The number of nitrogens with zero attached hydrogens (tertiary/aromatic N) is 2. The fraction of sp³-hybridized carbons (Fsp3) is 0.0682. The summed E-state index contributed by atoms with van der Waals surface area (Å²) in [5.41, 5.74) is 8.75. The second-order valence-electron chi connectivity index (χ2n) is 12.1. The molecule has 0 aliphatic heterocycles. The first-order valence-electron chi connectivity index (χ1n) is 16.5. The van der Waals surface area contributed by atoms with Crippen LogP contribution in [0.3, 0.4) is 0 Å². The maximum atomic E-state index is 15.0. The lowest BCUT2D eigenvalue weighted by Crippen LogP contribution is -2.17. The van der Waals surface area contributed by atoms with Crippen LogP contribution in [0.1, 0.15) is 20.3 Å². The normalized spacial score (nSPS) is 13.6. The highest BCUT2D eigenvalue weighted by Crippen LogP contribution is 2.52. The smallest absolute Gasteiger partial charge is 0.170 e. The van der Waals surface area contributed by atoms with Crippen molar-refractivity contribution in [1.82, 2.24) is 9.38 Å². The first-order valence-corrected chi connectivity index (χ1v) is 18.2. The van der Waals surface area contributed by atoms with Crippen molar-refractivity contribution >= 4 is 56.1 Å². The molecule has 2 aromatic heterocycles. The Labute approximate surface area is 280 Å². The average Bonchev–Trinajstić information content (AvgIpc) is 3.55. The molecule has 4 heteroatoms. The van der Waals surface area contributed by atoms with Crippen LogP contribution in [0.5, 0.6) is 0 Å². The van der Waals surface area contributed by atoms with Gasteiger partial charge in [0.25, 0.3) is 0 Å². The monoisotopic (exact) mass is 638 g/mol. The summed E-state index contributed by atoms with van der Waals surface area (Å²) < 4.78 is 17.2. The molecular formula is C44H35N2OP. The van der Waals surface area contributed by atoms with Crippen LogP contribution >= 0.6 is 7.14 Å². The highest BCUT2D eigenvalue weighted by atomic mass is 31.2. The molecule has 0 saturated carbocycles. The van der Waals surface area contributed by atoms with Crippen LogP contribution in [-0.4, -0.2) is 9.38 Å². The Balaban J connectivity index is 1.21. The summed E-state index contributed by atoms with van der Waals surface area (Å²) in [5.74, 6) is 0. The number of imidazole rings is 1. The van der Waals surface area contributed by atoms with E-state index < -0.39 is 7.14 Å². The molecule has 6 aromatic carbocycles. The van der Waals surface area contributed by atoms with Gasteiger partial charge in [-0.1, -0.05) is 140 Å². The second-order valence-corrected chi connectivity index (χ2v) is 14.9. The topological polar surface area (TPSA) is 34.4 Å². The van der Waals surface area contributed by atoms with Crippen molar-refractivity contribution in [3.8, 4) is 22.3 Å². The van der Waals surface area contributed by atoms with E-state index in [0.717, 1.165) is 72.2 Å². The number of benzene rings is 6. The largest absolute Gasteiger partial charge is 0.309 e. The maximum Gasteiger partial charge on any atom is 0.170 e. The van der Waals surface area contributed by atoms with Gasteiger partial charge in [0, 0.05) is 26.7 Å². The number of fused-ring (bicyclic) bond motifs is 8. The molecule has 8 rings (SSSR count). The van der Waals surface area contributed by atoms with Crippen molar-refractivity contribution in [3.63, 3.8) is 0 Å². The van der Waals surface area contributed by atoms with E-state index in [1.807, 2.05) is 67.6 Å². The molecule has 8 aromatic rings. The number of allylic oxidation sites excluding steroid dienone is 4. The third-order valence-corrected chi connectivity index (χ3v) is 12.5. The highest BCUT2D eigenvalue weighted by Gasteiger charge is 2.30. The molecule has 2 heterocycles. The minimum Gasteiger partial charge on any atom is -0.309 e. The molecule has 0 aliphatic carbocycles. The van der Waals surface area contributed by atoms with Crippen molar-refractivity contribution < 1.29 is 4.57 Å². The lowest BCUT2D eigenvalue weighted by Gasteiger charge is -2.21. The van der Waals surface area contributed by atoms with Gasteiger partial charge in [0.05, 0.1) is 16.6 Å². The van der Waals surface area contributed by atoms with Gasteiger partial charge in [-0.15, -0.1) is 0 Å². The number of rotatable bonds is 7. The number of aromatic nitrogens is 2. The third kappa shape index (κ3) is 4.91. The van der Waals surface area contributed by atoms with E-state index in [1.165, 1.54) is 10.8 Å². The zero-order valence-corrected chi connectivity index (χ0v) is 27.9. The van der Waals surface area contributed by atoms with E-state index in [0.29, 0.717) is 0 Å². The summed E-state index contributed by atoms with van der Waals surface area (Å²) in [6.45, 7) is 4.07. The van der Waals surface area contributed by atoms with E-state index in [-0.39, 0.29) is 0 Å². The Hall–Kier alpha value is -5.50. The van der Waals surface area contributed by atoms with Crippen molar-refractivity contribution in [2.45, 2.75) is 20.3 Å². The van der Waals surface area contributed by atoms with Crippen LogP contribution in [0.15, 0.2) is 169 Å². The first kappa shape index (κ1) is 29.9. The minimum atomic E-state index is -3.04. The number of pyridine rings is 1. The van der Waals surface area contributed by atoms with E-state index in [4.69, 9.17) is 4.98 Å². The average molecular weight is 639 g/mol.